The molecule has 3 nitrogen and oxygen atoms in total. The van der Waals surface area contributed by atoms with E-state index < -0.39 is 14.5 Å². The van der Waals surface area contributed by atoms with E-state index in [4.69, 9.17) is 9.16 Å². The monoisotopic (exact) mass is 316 g/mol. The summed E-state index contributed by atoms with van der Waals surface area (Å²) in [5.74, 6) is 0. The highest BCUT2D eigenvalue weighted by Gasteiger charge is 2.33. The maximum atomic E-state index is 11.7. The molecule has 0 aliphatic heterocycles. The maximum Gasteiger partial charge on any atom is 0.494 e. The molecule has 0 aliphatic rings. The van der Waals surface area contributed by atoms with E-state index in [-0.39, 0.29) is 0 Å². The van der Waals surface area contributed by atoms with Crippen LogP contribution in [0, 0.1) is 0 Å². The van der Waals surface area contributed by atoms with Crippen molar-refractivity contribution >= 4 is 14.5 Å². The van der Waals surface area contributed by atoms with Crippen molar-refractivity contribution in [2.45, 2.75) is 97.2 Å². The minimum absolute atomic E-state index is 0.435. The summed E-state index contributed by atoms with van der Waals surface area (Å²) in [6, 6.07) is 2.94. The van der Waals surface area contributed by atoms with E-state index in [1.165, 1.54) is 38.5 Å². The minimum Gasteiger partial charge on any atom is -0.489 e. The van der Waals surface area contributed by atoms with Crippen LogP contribution in [0.3, 0.4) is 0 Å². The minimum atomic E-state index is -1.85. The quantitative estimate of drug-likeness (QED) is 0.228. The van der Waals surface area contributed by atoms with E-state index in [1.807, 2.05) is 0 Å². The second-order valence-electron chi connectivity index (χ2n) is 5.92. The third-order valence-corrected chi connectivity index (χ3v) is 8.92. The van der Waals surface area contributed by atoms with Gasteiger partial charge in [-0.25, -0.2) is 4.79 Å². The Hall–Kier alpha value is -0.513. The zero-order chi connectivity index (χ0) is 16.0. The summed E-state index contributed by atoms with van der Waals surface area (Å²) in [6.45, 7) is 9.10. The van der Waals surface area contributed by atoms with Crippen LogP contribution in [0.5, 0.6) is 0 Å². The Morgan fingerprint density at radius 2 is 1.24 bits per heavy atom. The zero-order valence-corrected chi connectivity index (χ0v) is 15.7. The Labute approximate surface area is 132 Å². The van der Waals surface area contributed by atoms with Gasteiger partial charge in [0.05, 0.1) is 6.61 Å². The second kappa shape index (κ2) is 13.2. The van der Waals surface area contributed by atoms with E-state index in [1.54, 1.807) is 0 Å². The normalized spacial score (nSPS) is 11.4. The van der Waals surface area contributed by atoms with E-state index in [9.17, 15) is 4.79 Å². The number of hydrogen-bond donors (Lipinski definition) is 0. The van der Waals surface area contributed by atoms with Gasteiger partial charge in [-0.2, -0.15) is 0 Å². The Morgan fingerprint density at radius 1 is 0.762 bits per heavy atom. The average Bonchev–Trinajstić information content (AvgIpc) is 2.51. The van der Waals surface area contributed by atoms with Crippen molar-refractivity contribution in [3.63, 3.8) is 0 Å². The van der Waals surface area contributed by atoms with Crippen molar-refractivity contribution < 1.29 is 14.0 Å². The molecule has 0 heterocycles. The van der Waals surface area contributed by atoms with Crippen molar-refractivity contribution in [1.29, 1.82) is 0 Å². The number of rotatable bonds is 13. The lowest BCUT2D eigenvalue weighted by atomic mass is 10.1. The van der Waals surface area contributed by atoms with Crippen LogP contribution in [0.15, 0.2) is 0 Å². The molecule has 126 valence electrons. The predicted octanol–water partition coefficient (Wildman–Crippen LogP) is 6.29. The average molecular weight is 317 g/mol. The van der Waals surface area contributed by atoms with Gasteiger partial charge < -0.3 is 9.16 Å². The van der Waals surface area contributed by atoms with Gasteiger partial charge in [0.1, 0.15) is 0 Å². The molecule has 0 unspecified atom stereocenters. The van der Waals surface area contributed by atoms with Crippen molar-refractivity contribution in [2.75, 3.05) is 6.61 Å². The third-order valence-electron chi connectivity index (χ3n) is 4.45. The highest BCUT2D eigenvalue weighted by molar-refractivity contribution is 6.74. The van der Waals surface area contributed by atoms with E-state index in [0.29, 0.717) is 6.61 Å². The van der Waals surface area contributed by atoms with Crippen LogP contribution in [0.4, 0.5) is 4.79 Å². The summed E-state index contributed by atoms with van der Waals surface area (Å²) in [4.78, 5) is 11.7. The van der Waals surface area contributed by atoms with E-state index in [2.05, 4.69) is 27.7 Å². The summed E-state index contributed by atoms with van der Waals surface area (Å²) in [7, 11) is -1.85. The van der Waals surface area contributed by atoms with Crippen molar-refractivity contribution in [3.8, 4) is 0 Å². The molecule has 0 aliphatic carbocycles. The first kappa shape index (κ1) is 20.5. The van der Waals surface area contributed by atoms with Gasteiger partial charge in [-0.3, -0.25) is 0 Å². The van der Waals surface area contributed by atoms with E-state index in [0.717, 1.165) is 31.0 Å². The molecule has 0 radical (unpaired) electrons. The molecule has 4 heteroatoms. The van der Waals surface area contributed by atoms with E-state index >= 15 is 0 Å². The Balaban J connectivity index is 3.58. The van der Waals surface area contributed by atoms with Crippen LogP contribution < -0.4 is 0 Å². The standard InChI is InChI=1S/C17H36O3Si/c1-5-9-10-11-12-13-14-15-16-19-17(18)20-21(6-2,7-3)8-4/h5-16H2,1-4H3. The largest absolute Gasteiger partial charge is 0.494 e. The van der Waals surface area contributed by atoms with Crippen LogP contribution >= 0.6 is 0 Å². The molecule has 0 aromatic heterocycles. The fraction of sp³-hybridized carbons (Fsp3) is 0.941. The smallest absolute Gasteiger partial charge is 0.489 e. The number of ether oxygens (including phenoxy) is 1. The summed E-state index contributed by atoms with van der Waals surface area (Å²) < 4.78 is 10.9. The fourth-order valence-corrected chi connectivity index (χ4v) is 4.91. The van der Waals surface area contributed by atoms with Gasteiger partial charge in [-0.1, -0.05) is 72.6 Å². The molecule has 0 saturated heterocycles. The van der Waals surface area contributed by atoms with Gasteiger partial charge in [-0.15, -0.1) is 0 Å². The molecule has 0 rings (SSSR count). The van der Waals surface area contributed by atoms with Crippen LogP contribution in [0.25, 0.3) is 0 Å². The van der Waals surface area contributed by atoms with Gasteiger partial charge >= 0.3 is 6.16 Å². The van der Waals surface area contributed by atoms with Gasteiger partial charge in [-0.05, 0) is 24.6 Å². The van der Waals surface area contributed by atoms with Crippen LogP contribution in [0.1, 0.15) is 79.1 Å². The molecule has 0 aromatic carbocycles. The van der Waals surface area contributed by atoms with Crippen LogP contribution in [-0.4, -0.2) is 21.1 Å². The molecule has 0 fully saturated rings. The molecule has 0 amide bonds. The molecule has 0 saturated carbocycles. The maximum absolute atomic E-state index is 11.7. The SMILES string of the molecule is CCCCCCCCCCOC(=O)O[Si](CC)(CC)CC. The Kier molecular flexibility index (Phi) is 12.8. The Bertz CT molecular complexity index is 244. The fourth-order valence-electron chi connectivity index (χ4n) is 2.56. The first-order valence-electron chi connectivity index (χ1n) is 8.99. The van der Waals surface area contributed by atoms with Gasteiger partial charge in [0.15, 0.2) is 0 Å². The summed E-state index contributed by atoms with van der Waals surface area (Å²) in [5.41, 5.74) is 0. The molecule has 0 atom stereocenters. The first-order chi connectivity index (χ1) is 10.1. The predicted molar refractivity (Wildman–Crippen MR) is 92.2 cm³/mol. The molecule has 21 heavy (non-hydrogen) atoms. The highest BCUT2D eigenvalue weighted by Crippen LogP contribution is 2.22. The number of hydrogen-bond acceptors (Lipinski definition) is 3. The van der Waals surface area contributed by atoms with Crippen molar-refractivity contribution in [1.82, 2.24) is 0 Å². The molecule has 0 bridgehead atoms. The summed E-state index contributed by atoms with van der Waals surface area (Å²) >= 11 is 0. The molecular formula is C17H36O3Si. The third kappa shape index (κ3) is 9.94. The first-order valence-corrected chi connectivity index (χ1v) is 11.5. The zero-order valence-electron chi connectivity index (χ0n) is 14.7. The molecule has 0 N–H and O–H groups in total. The molecule has 0 spiro atoms. The lowest BCUT2D eigenvalue weighted by molar-refractivity contribution is 0.0938. The topological polar surface area (TPSA) is 35.5 Å². The highest BCUT2D eigenvalue weighted by atomic mass is 28.4. The Morgan fingerprint density at radius 3 is 1.71 bits per heavy atom. The van der Waals surface area contributed by atoms with Gasteiger partial charge in [0.25, 0.3) is 8.32 Å². The van der Waals surface area contributed by atoms with Gasteiger partial charge in [0.2, 0.25) is 0 Å². The number of carbonyl (C=O) groups is 1. The van der Waals surface area contributed by atoms with Crippen LogP contribution in [0.2, 0.25) is 18.1 Å². The van der Waals surface area contributed by atoms with Crippen molar-refractivity contribution in [2.24, 2.45) is 0 Å². The molecule has 0 aromatic rings. The van der Waals surface area contributed by atoms with Gasteiger partial charge in [0, 0.05) is 0 Å². The lowest BCUT2D eigenvalue weighted by Gasteiger charge is -2.26. The summed E-state index contributed by atoms with van der Waals surface area (Å²) in [6.07, 6.45) is 9.59. The molecular weight excluding hydrogens is 280 g/mol. The van der Waals surface area contributed by atoms with Crippen molar-refractivity contribution in [3.05, 3.63) is 0 Å². The number of unbranched alkanes of at least 4 members (excludes halogenated alkanes) is 7. The summed E-state index contributed by atoms with van der Waals surface area (Å²) in [5, 5.41) is 0. The van der Waals surface area contributed by atoms with Crippen LogP contribution in [-0.2, 0) is 9.16 Å². The number of carbonyl (C=O) groups excluding carboxylic acids is 1. The second-order valence-corrected chi connectivity index (χ2v) is 10.6. The lowest BCUT2D eigenvalue weighted by Crippen LogP contribution is -2.38.